The molecule has 2 rings (SSSR count). The van der Waals surface area contributed by atoms with Gasteiger partial charge in [0.05, 0.1) is 6.61 Å². The van der Waals surface area contributed by atoms with Crippen molar-refractivity contribution >= 4 is 5.97 Å². The van der Waals surface area contributed by atoms with Crippen LogP contribution in [-0.2, 0) is 4.79 Å². The van der Waals surface area contributed by atoms with Gasteiger partial charge >= 0.3 is 5.97 Å². The second kappa shape index (κ2) is 5.35. The summed E-state index contributed by atoms with van der Waals surface area (Å²) in [5.41, 5.74) is 5.70. The molecule has 0 bridgehead atoms. The number of benzene rings is 1. The van der Waals surface area contributed by atoms with Crippen molar-refractivity contribution in [3.63, 3.8) is 0 Å². The molecule has 1 aliphatic carbocycles. The monoisotopic (exact) mass is 253 g/mol. The van der Waals surface area contributed by atoms with E-state index in [4.69, 9.17) is 15.6 Å². The molecule has 1 aliphatic rings. The first kappa shape index (κ1) is 12.8. The van der Waals surface area contributed by atoms with Crippen molar-refractivity contribution in [3.05, 3.63) is 29.6 Å². The van der Waals surface area contributed by atoms with Crippen molar-refractivity contribution in [2.75, 3.05) is 6.61 Å². The highest BCUT2D eigenvalue weighted by molar-refractivity contribution is 5.76. The number of hydrogen-bond donors (Lipinski definition) is 2. The Hall–Kier alpha value is -1.62. The number of rotatable bonds is 5. The number of ether oxygens (including phenoxy) is 1. The molecular formula is C13H16FNO3. The number of nitrogens with two attached hydrogens (primary N) is 1. The van der Waals surface area contributed by atoms with Gasteiger partial charge in [0.2, 0.25) is 0 Å². The van der Waals surface area contributed by atoms with Gasteiger partial charge in [0.25, 0.3) is 0 Å². The third-order valence-corrected chi connectivity index (χ3v) is 3.27. The van der Waals surface area contributed by atoms with Crippen LogP contribution < -0.4 is 10.5 Å². The van der Waals surface area contributed by atoms with Crippen molar-refractivity contribution in [2.45, 2.75) is 25.3 Å². The van der Waals surface area contributed by atoms with Crippen LogP contribution in [-0.4, -0.2) is 17.7 Å². The smallest absolute Gasteiger partial charge is 0.325 e. The van der Waals surface area contributed by atoms with Crippen molar-refractivity contribution < 1.29 is 19.0 Å². The van der Waals surface area contributed by atoms with Gasteiger partial charge in [-0.15, -0.1) is 0 Å². The molecule has 98 valence electrons. The zero-order valence-corrected chi connectivity index (χ0v) is 9.93. The Morgan fingerprint density at radius 3 is 2.83 bits per heavy atom. The summed E-state index contributed by atoms with van der Waals surface area (Å²) in [6.45, 7) is 0.533. The second-order valence-corrected chi connectivity index (χ2v) is 4.61. The number of carbonyl (C=O) groups is 1. The summed E-state index contributed by atoms with van der Waals surface area (Å²) < 4.78 is 18.7. The molecule has 1 saturated carbocycles. The summed E-state index contributed by atoms with van der Waals surface area (Å²) in [6, 6.07) is 2.53. The Morgan fingerprint density at radius 1 is 1.56 bits per heavy atom. The highest BCUT2D eigenvalue weighted by Gasteiger charge is 2.22. The minimum absolute atomic E-state index is 0.182. The van der Waals surface area contributed by atoms with E-state index in [1.54, 1.807) is 0 Å². The number of carboxylic acids is 1. The summed E-state index contributed by atoms with van der Waals surface area (Å²) in [6.07, 6.45) is 3.46. The van der Waals surface area contributed by atoms with Gasteiger partial charge in [-0.3, -0.25) is 4.79 Å². The Labute approximate surface area is 105 Å². The van der Waals surface area contributed by atoms with Gasteiger partial charge in [0.15, 0.2) is 0 Å². The van der Waals surface area contributed by atoms with Crippen molar-refractivity contribution in [2.24, 2.45) is 11.7 Å². The molecule has 1 aromatic rings. The molecule has 3 N–H and O–H groups in total. The molecule has 0 heterocycles. The molecule has 1 atom stereocenters. The Kier molecular flexibility index (Phi) is 3.81. The summed E-state index contributed by atoms with van der Waals surface area (Å²) in [5, 5.41) is 8.88. The van der Waals surface area contributed by atoms with E-state index in [9.17, 15) is 9.18 Å². The molecule has 0 aliphatic heterocycles. The topological polar surface area (TPSA) is 72.6 Å². The van der Waals surface area contributed by atoms with Crippen LogP contribution in [0.4, 0.5) is 4.39 Å². The fraction of sp³-hybridized carbons (Fsp3) is 0.462. The lowest BCUT2D eigenvalue weighted by Crippen LogP contribution is -2.23. The van der Waals surface area contributed by atoms with Crippen molar-refractivity contribution in [3.8, 4) is 5.75 Å². The van der Waals surface area contributed by atoms with E-state index in [0.717, 1.165) is 18.9 Å². The lowest BCUT2D eigenvalue weighted by atomic mass is 9.86. The third kappa shape index (κ3) is 2.79. The average Bonchev–Trinajstić information content (AvgIpc) is 2.27. The largest absolute Gasteiger partial charge is 0.493 e. The second-order valence-electron chi connectivity index (χ2n) is 4.61. The van der Waals surface area contributed by atoms with E-state index in [1.165, 1.54) is 18.6 Å². The summed E-state index contributed by atoms with van der Waals surface area (Å²) in [5.74, 6) is -0.839. The maximum absolute atomic E-state index is 13.1. The van der Waals surface area contributed by atoms with Gasteiger partial charge in [-0.05, 0) is 37.0 Å². The van der Waals surface area contributed by atoms with Crippen LogP contribution in [0.1, 0.15) is 30.9 Å². The molecule has 4 nitrogen and oxygen atoms in total. The highest BCUT2D eigenvalue weighted by Crippen LogP contribution is 2.30. The first-order chi connectivity index (χ1) is 8.58. The molecule has 0 saturated heterocycles. The SMILES string of the molecule is NC(C(=O)O)c1cc(F)ccc1OCC1CCC1. The van der Waals surface area contributed by atoms with Crippen LogP contribution in [0.2, 0.25) is 0 Å². The number of carboxylic acid groups (broad SMARTS) is 1. The minimum Gasteiger partial charge on any atom is -0.493 e. The van der Waals surface area contributed by atoms with E-state index in [-0.39, 0.29) is 5.56 Å². The maximum atomic E-state index is 13.1. The lowest BCUT2D eigenvalue weighted by Gasteiger charge is -2.26. The fourth-order valence-electron chi connectivity index (χ4n) is 1.89. The fourth-order valence-corrected chi connectivity index (χ4v) is 1.89. The van der Waals surface area contributed by atoms with Gasteiger partial charge < -0.3 is 15.6 Å². The van der Waals surface area contributed by atoms with Crippen molar-refractivity contribution in [1.82, 2.24) is 0 Å². The third-order valence-electron chi connectivity index (χ3n) is 3.27. The zero-order valence-electron chi connectivity index (χ0n) is 9.93. The molecule has 1 aromatic carbocycles. The predicted molar refractivity (Wildman–Crippen MR) is 63.8 cm³/mol. The molecule has 0 radical (unpaired) electrons. The minimum atomic E-state index is -1.27. The van der Waals surface area contributed by atoms with E-state index in [1.807, 2.05) is 0 Å². The van der Waals surface area contributed by atoms with Gasteiger partial charge in [0.1, 0.15) is 17.6 Å². The molecule has 18 heavy (non-hydrogen) atoms. The van der Waals surface area contributed by atoms with Crippen LogP contribution in [0.15, 0.2) is 18.2 Å². The Bertz CT molecular complexity index is 446. The highest BCUT2D eigenvalue weighted by atomic mass is 19.1. The molecule has 0 spiro atoms. The first-order valence-corrected chi connectivity index (χ1v) is 5.98. The number of aliphatic carboxylic acids is 1. The van der Waals surface area contributed by atoms with Gasteiger partial charge in [-0.1, -0.05) is 6.42 Å². The summed E-state index contributed by atoms with van der Waals surface area (Å²) in [4.78, 5) is 10.9. The summed E-state index contributed by atoms with van der Waals surface area (Å²) in [7, 11) is 0. The predicted octanol–water partition coefficient (Wildman–Crippen LogP) is 2.09. The van der Waals surface area contributed by atoms with Crippen LogP contribution in [0, 0.1) is 11.7 Å². The van der Waals surface area contributed by atoms with Gasteiger partial charge in [-0.2, -0.15) is 0 Å². The standard InChI is InChI=1S/C13H16FNO3/c14-9-4-5-11(18-7-8-2-1-3-8)10(6-9)12(15)13(16)17/h4-6,8,12H,1-3,7,15H2,(H,16,17). The van der Waals surface area contributed by atoms with E-state index < -0.39 is 17.8 Å². The quantitative estimate of drug-likeness (QED) is 0.842. The van der Waals surface area contributed by atoms with Crippen molar-refractivity contribution in [1.29, 1.82) is 0 Å². The van der Waals surface area contributed by atoms with Crippen LogP contribution >= 0.6 is 0 Å². The van der Waals surface area contributed by atoms with E-state index >= 15 is 0 Å². The van der Waals surface area contributed by atoms with Crippen LogP contribution in [0.3, 0.4) is 0 Å². The normalized spacial score (nSPS) is 17.0. The Balaban J connectivity index is 2.13. The molecule has 0 amide bonds. The summed E-state index contributed by atoms with van der Waals surface area (Å²) >= 11 is 0. The molecule has 1 unspecified atom stereocenters. The first-order valence-electron chi connectivity index (χ1n) is 5.98. The lowest BCUT2D eigenvalue weighted by molar-refractivity contribution is -0.138. The molecule has 1 fully saturated rings. The average molecular weight is 253 g/mol. The zero-order chi connectivity index (χ0) is 13.1. The van der Waals surface area contributed by atoms with Gasteiger partial charge in [-0.25, -0.2) is 4.39 Å². The molecule has 5 heteroatoms. The Morgan fingerprint density at radius 2 is 2.28 bits per heavy atom. The molecular weight excluding hydrogens is 237 g/mol. The number of halogens is 1. The molecule has 0 aromatic heterocycles. The number of hydrogen-bond acceptors (Lipinski definition) is 3. The van der Waals surface area contributed by atoms with E-state index in [2.05, 4.69) is 0 Å². The maximum Gasteiger partial charge on any atom is 0.325 e. The van der Waals surface area contributed by atoms with Gasteiger partial charge in [0, 0.05) is 5.56 Å². The van der Waals surface area contributed by atoms with Crippen LogP contribution in [0.25, 0.3) is 0 Å². The van der Waals surface area contributed by atoms with E-state index in [0.29, 0.717) is 18.3 Å². The van der Waals surface area contributed by atoms with Crippen LogP contribution in [0.5, 0.6) is 5.75 Å².